The monoisotopic (exact) mass is 305 g/mol. The first kappa shape index (κ1) is 10.8. The lowest BCUT2D eigenvalue weighted by molar-refractivity contribution is 0.786. The molecule has 15 heavy (non-hydrogen) atoms. The minimum absolute atomic E-state index is 0.384. The number of halogens is 2. The molecule has 0 fully saturated rings. The zero-order chi connectivity index (χ0) is 10.8. The van der Waals surface area contributed by atoms with E-state index in [0.29, 0.717) is 14.7 Å². The highest BCUT2D eigenvalue weighted by Crippen LogP contribution is 2.33. The number of nitrogens with zero attached hydrogens (tertiary/aromatic N) is 5. The van der Waals surface area contributed by atoms with Crippen LogP contribution in [0.25, 0.3) is 0 Å². The molecule has 0 aromatic carbocycles. The van der Waals surface area contributed by atoms with Crippen LogP contribution < -0.4 is 0 Å². The number of hydrogen-bond donors (Lipinski definition) is 0. The Morgan fingerprint density at radius 2 is 2.27 bits per heavy atom. The second-order valence-corrected chi connectivity index (χ2v) is 4.72. The van der Waals surface area contributed by atoms with Crippen molar-refractivity contribution in [3.05, 3.63) is 22.3 Å². The zero-order valence-corrected chi connectivity index (χ0v) is 10.7. The number of aryl methyl sites for hydroxylation is 1. The minimum Gasteiger partial charge on any atom is -0.311 e. The highest BCUT2D eigenvalue weighted by Gasteiger charge is 2.11. The molecule has 0 saturated heterocycles. The zero-order valence-electron chi connectivity index (χ0n) is 7.55. The topological polar surface area (TPSA) is 56.5 Å². The lowest BCUT2D eigenvalue weighted by Crippen LogP contribution is -1.91. The molecule has 0 amide bonds. The molecule has 0 radical (unpaired) electrons. The first-order chi connectivity index (χ1) is 7.18. The van der Waals surface area contributed by atoms with Crippen molar-refractivity contribution in [2.24, 2.45) is 7.05 Å². The maximum atomic E-state index is 5.84. The third-order valence-corrected chi connectivity index (χ3v) is 4.16. The molecular formula is C7H5BrClN5S. The number of aromatic nitrogens is 5. The van der Waals surface area contributed by atoms with Crippen LogP contribution in [0.5, 0.6) is 0 Å². The van der Waals surface area contributed by atoms with Crippen molar-refractivity contribution >= 4 is 39.3 Å². The molecule has 2 heterocycles. The lowest BCUT2D eigenvalue weighted by Gasteiger charge is -2.02. The molecule has 0 unspecified atom stereocenters. The van der Waals surface area contributed by atoms with Gasteiger partial charge < -0.3 is 4.57 Å². The van der Waals surface area contributed by atoms with Crippen molar-refractivity contribution in [2.75, 3.05) is 0 Å². The summed E-state index contributed by atoms with van der Waals surface area (Å²) in [6.45, 7) is 0. The van der Waals surface area contributed by atoms with Gasteiger partial charge in [0.15, 0.2) is 5.16 Å². The summed E-state index contributed by atoms with van der Waals surface area (Å²) in [4.78, 5) is 7.94. The maximum absolute atomic E-state index is 5.84. The summed E-state index contributed by atoms with van der Waals surface area (Å²) in [5.74, 6) is 0. The van der Waals surface area contributed by atoms with Gasteiger partial charge in [-0.05, 0) is 27.7 Å². The van der Waals surface area contributed by atoms with Crippen molar-refractivity contribution in [1.29, 1.82) is 0 Å². The Morgan fingerprint density at radius 1 is 1.47 bits per heavy atom. The predicted molar refractivity (Wildman–Crippen MR) is 59.9 cm³/mol. The predicted octanol–water partition coefficient (Wildman–Crippen LogP) is 2.17. The quantitative estimate of drug-likeness (QED) is 0.796. The van der Waals surface area contributed by atoms with Gasteiger partial charge >= 0.3 is 0 Å². The van der Waals surface area contributed by atoms with Gasteiger partial charge in [0.1, 0.15) is 22.8 Å². The molecule has 2 aromatic heterocycles. The van der Waals surface area contributed by atoms with Gasteiger partial charge in [-0.3, -0.25) is 0 Å². The van der Waals surface area contributed by atoms with Crippen LogP contribution in [0, 0.1) is 0 Å². The van der Waals surface area contributed by atoms with Crippen molar-refractivity contribution in [3.8, 4) is 0 Å². The average molecular weight is 307 g/mol. The van der Waals surface area contributed by atoms with Gasteiger partial charge in [-0.2, -0.15) is 0 Å². The van der Waals surface area contributed by atoms with E-state index >= 15 is 0 Å². The fourth-order valence-electron chi connectivity index (χ4n) is 0.856. The van der Waals surface area contributed by atoms with E-state index in [2.05, 4.69) is 36.1 Å². The molecule has 78 valence electrons. The lowest BCUT2D eigenvalue weighted by atomic mass is 10.7. The molecule has 0 spiro atoms. The largest absolute Gasteiger partial charge is 0.311 e. The van der Waals surface area contributed by atoms with Gasteiger partial charge in [-0.1, -0.05) is 11.6 Å². The Bertz CT molecular complexity index is 488. The van der Waals surface area contributed by atoms with Crippen LogP contribution in [0.2, 0.25) is 5.15 Å². The summed E-state index contributed by atoms with van der Waals surface area (Å²) >= 11 is 10.5. The Labute approximate surface area is 103 Å². The van der Waals surface area contributed by atoms with E-state index < -0.39 is 0 Å². The van der Waals surface area contributed by atoms with Gasteiger partial charge in [0.25, 0.3) is 0 Å². The van der Waals surface area contributed by atoms with E-state index in [-0.39, 0.29) is 0 Å². The summed E-state index contributed by atoms with van der Waals surface area (Å²) < 4.78 is 2.47. The normalized spacial score (nSPS) is 10.6. The second kappa shape index (κ2) is 4.46. The van der Waals surface area contributed by atoms with E-state index in [0.717, 1.165) is 5.16 Å². The van der Waals surface area contributed by atoms with Crippen molar-refractivity contribution in [2.45, 2.75) is 10.2 Å². The van der Waals surface area contributed by atoms with Crippen LogP contribution in [-0.2, 0) is 7.05 Å². The first-order valence-corrected chi connectivity index (χ1v) is 5.85. The van der Waals surface area contributed by atoms with Crippen LogP contribution in [0.4, 0.5) is 0 Å². The highest BCUT2D eigenvalue weighted by molar-refractivity contribution is 9.10. The summed E-state index contributed by atoms with van der Waals surface area (Å²) in [7, 11) is 1.86. The number of hydrogen-bond acceptors (Lipinski definition) is 5. The van der Waals surface area contributed by atoms with E-state index in [9.17, 15) is 0 Å². The molecule has 0 bridgehead atoms. The third kappa shape index (κ3) is 2.30. The highest BCUT2D eigenvalue weighted by atomic mass is 79.9. The molecule has 2 aromatic rings. The first-order valence-electron chi connectivity index (χ1n) is 3.86. The third-order valence-electron chi connectivity index (χ3n) is 1.57. The Kier molecular flexibility index (Phi) is 3.22. The van der Waals surface area contributed by atoms with E-state index in [1.807, 2.05) is 7.05 Å². The smallest absolute Gasteiger partial charge is 0.197 e. The Morgan fingerprint density at radius 3 is 2.93 bits per heavy atom. The molecule has 0 aliphatic carbocycles. The van der Waals surface area contributed by atoms with Gasteiger partial charge in [0.2, 0.25) is 0 Å². The second-order valence-electron chi connectivity index (χ2n) is 2.61. The molecular weight excluding hydrogens is 302 g/mol. The summed E-state index contributed by atoms with van der Waals surface area (Å²) in [6.07, 6.45) is 3.03. The van der Waals surface area contributed by atoms with Gasteiger partial charge in [0, 0.05) is 7.05 Å². The minimum atomic E-state index is 0.384. The number of rotatable bonds is 2. The maximum Gasteiger partial charge on any atom is 0.197 e. The molecule has 5 nitrogen and oxygen atoms in total. The van der Waals surface area contributed by atoms with Crippen LogP contribution in [0.15, 0.2) is 27.3 Å². The Hall–Kier alpha value is -0.660. The van der Waals surface area contributed by atoms with Crippen molar-refractivity contribution in [1.82, 2.24) is 24.7 Å². The SMILES string of the molecule is Cn1cnnc1Sc1ncnc(Cl)c1Br. The standard InChI is InChI=1S/C7H5BrClN5S/c1-14-3-12-13-7(14)15-6-4(8)5(9)10-2-11-6/h2-3H,1H3. The van der Waals surface area contributed by atoms with Crippen LogP contribution >= 0.6 is 39.3 Å². The molecule has 0 saturated carbocycles. The molecule has 8 heteroatoms. The molecule has 2 rings (SSSR count). The van der Waals surface area contributed by atoms with Gasteiger partial charge in [0.05, 0.1) is 4.47 Å². The van der Waals surface area contributed by atoms with Gasteiger partial charge in [-0.15, -0.1) is 10.2 Å². The fraction of sp³-hybridized carbons (Fsp3) is 0.143. The fourth-order valence-corrected chi connectivity index (χ4v) is 2.23. The molecule has 0 N–H and O–H groups in total. The van der Waals surface area contributed by atoms with E-state index in [4.69, 9.17) is 11.6 Å². The van der Waals surface area contributed by atoms with E-state index in [1.165, 1.54) is 18.1 Å². The van der Waals surface area contributed by atoms with Crippen molar-refractivity contribution in [3.63, 3.8) is 0 Å². The van der Waals surface area contributed by atoms with Crippen LogP contribution in [0.3, 0.4) is 0 Å². The van der Waals surface area contributed by atoms with Crippen molar-refractivity contribution < 1.29 is 0 Å². The summed E-state index contributed by atoms with van der Waals surface area (Å²) in [6, 6.07) is 0. The summed E-state index contributed by atoms with van der Waals surface area (Å²) in [5.41, 5.74) is 0. The average Bonchev–Trinajstić information content (AvgIpc) is 2.60. The van der Waals surface area contributed by atoms with Crippen LogP contribution in [0.1, 0.15) is 0 Å². The molecule has 0 aliphatic heterocycles. The van der Waals surface area contributed by atoms with Gasteiger partial charge in [-0.25, -0.2) is 9.97 Å². The molecule has 0 aliphatic rings. The Balaban J connectivity index is 2.33. The van der Waals surface area contributed by atoms with E-state index in [1.54, 1.807) is 10.9 Å². The summed E-state index contributed by atoms with van der Waals surface area (Å²) in [5, 5.41) is 9.54. The molecule has 0 atom stereocenters. The van der Waals surface area contributed by atoms with Crippen LogP contribution in [-0.4, -0.2) is 24.7 Å².